The first-order valence-corrected chi connectivity index (χ1v) is 4.76. The third kappa shape index (κ3) is 4.75. The maximum atomic E-state index is 5.24. The minimum Gasteiger partial charge on any atom is -0.120 e. The van der Waals surface area contributed by atoms with Gasteiger partial charge in [0.1, 0.15) is 0 Å². The van der Waals surface area contributed by atoms with Gasteiger partial charge in [-0.15, -0.1) is 18.8 Å². The molecule has 1 aromatic carbocycles. The van der Waals surface area contributed by atoms with Gasteiger partial charge in [-0.2, -0.15) is 0 Å². The van der Waals surface area contributed by atoms with E-state index in [-0.39, 0.29) is 0 Å². The quantitative estimate of drug-likeness (QED) is 0.600. The van der Waals surface area contributed by atoms with Gasteiger partial charge < -0.3 is 0 Å². The van der Waals surface area contributed by atoms with Crippen LogP contribution in [0.3, 0.4) is 0 Å². The van der Waals surface area contributed by atoms with E-state index in [0.29, 0.717) is 0 Å². The molecule has 0 heteroatoms. The molecule has 0 unspecified atom stereocenters. The fraction of sp³-hybridized carbons (Fsp3) is 0.200. The Labute approximate surface area is 93.0 Å². The Morgan fingerprint density at radius 3 is 2.00 bits per heavy atom. The lowest BCUT2D eigenvalue weighted by Crippen LogP contribution is -1.79. The smallest absolute Gasteiger partial charge is 0.0243 e. The summed E-state index contributed by atoms with van der Waals surface area (Å²) in [7, 11) is 0. The lowest BCUT2D eigenvalue weighted by atomic mass is 10.1. The van der Waals surface area contributed by atoms with Crippen LogP contribution >= 0.6 is 0 Å². The Balaban J connectivity index is 0.000000583. The number of benzene rings is 1. The molecule has 0 spiro atoms. The highest BCUT2D eigenvalue weighted by molar-refractivity contribution is 5.63. The molecule has 0 amide bonds. The monoisotopic (exact) mass is 196 g/mol. The standard InChI is InChI=1S/C12H12.C3H4/c1-4-10(3)12-8-6-11(5-2)7-9-12;1-3-2/h2,4,6-9H,1,3H3;1H,2H3. The summed E-state index contributed by atoms with van der Waals surface area (Å²) in [5.41, 5.74) is 3.44. The molecule has 0 radical (unpaired) electrons. The van der Waals surface area contributed by atoms with Crippen LogP contribution in [0.2, 0.25) is 0 Å². The molecular formula is C15H16. The molecule has 0 aromatic heterocycles. The SMILES string of the molecule is C#CC.C#Cc1ccc(C(C)=CC)cc1. The number of terminal acetylenes is 2. The second kappa shape index (κ2) is 7.48. The molecule has 0 heterocycles. The predicted molar refractivity (Wildman–Crippen MR) is 68.2 cm³/mol. The van der Waals surface area contributed by atoms with Crippen LogP contribution in [0.25, 0.3) is 5.57 Å². The third-order valence-corrected chi connectivity index (χ3v) is 1.94. The molecular weight excluding hydrogens is 180 g/mol. The number of allylic oxidation sites excluding steroid dienone is 2. The van der Waals surface area contributed by atoms with Crippen LogP contribution in [-0.2, 0) is 0 Å². The van der Waals surface area contributed by atoms with Crippen molar-refractivity contribution in [1.82, 2.24) is 0 Å². The Kier molecular flexibility index (Phi) is 6.52. The molecule has 1 rings (SSSR count). The van der Waals surface area contributed by atoms with E-state index in [1.54, 1.807) is 6.92 Å². The average Bonchev–Trinajstić information content (AvgIpc) is 2.29. The second-order valence-electron chi connectivity index (χ2n) is 2.98. The third-order valence-electron chi connectivity index (χ3n) is 1.94. The van der Waals surface area contributed by atoms with Crippen molar-refractivity contribution < 1.29 is 0 Å². The predicted octanol–water partition coefficient (Wildman–Crippen LogP) is 3.73. The molecule has 15 heavy (non-hydrogen) atoms. The lowest BCUT2D eigenvalue weighted by Gasteiger charge is -1.99. The van der Waals surface area contributed by atoms with E-state index in [9.17, 15) is 0 Å². The normalized spacial score (nSPS) is 9.27. The summed E-state index contributed by atoms with van der Waals surface area (Å²) in [6, 6.07) is 8.01. The molecule has 0 bridgehead atoms. The van der Waals surface area contributed by atoms with E-state index in [2.05, 4.69) is 31.3 Å². The molecule has 0 saturated heterocycles. The molecule has 76 valence electrons. The second-order valence-corrected chi connectivity index (χ2v) is 2.98. The highest BCUT2D eigenvalue weighted by Gasteiger charge is 1.92. The fourth-order valence-corrected chi connectivity index (χ4v) is 0.996. The van der Waals surface area contributed by atoms with Crippen molar-refractivity contribution >= 4 is 5.57 Å². The number of hydrogen-bond donors (Lipinski definition) is 0. The Morgan fingerprint density at radius 1 is 1.20 bits per heavy atom. The highest BCUT2D eigenvalue weighted by atomic mass is 14.0. The summed E-state index contributed by atoms with van der Waals surface area (Å²) in [5.74, 6) is 4.84. The lowest BCUT2D eigenvalue weighted by molar-refractivity contribution is 1.53. The zero-order valence-electron chi connectivity index (χ0n) is 9.54. The zero-order chi connectivity index (χ0) is 11.7. The minimum absolute atomic E-state index is 0.933. The van der Waals surface area contributed by atoms with Gasteiger partial charge in [0.2, 0.25) is 0 Å². The van der Waals surface area contributed by atoms with Crippen LogP contribution in [-0.4, -0.2) is 0 Å². The average molecular weight is 196 g/mol. The van der Waals surface area contributed by atoms with Gasteiger partial charge in [-0.05, 0) is 44.0 Å². The molecule has 0 aliphatic carbocycles. The maximum Gasteiger partial charge on any atom is 0.0243 e. The van der Waals surface area contributed by atoms with E-state index in [1.807, 2.05) is 31.2 Å². The van der Waals surface area contributed by atoms with Crippen LogP contribution < -0.4 is 0 Å². The Hall–Kier alpha value is -1.92. The molecule has 0 nitrogen and oxygen atoms in total. The van der Waals surface area contributed by atoms with Crippen LogP contribution in [0.15, 0.2) is 30.3 Å². The van der Waals surface area contributed by atoms with E-state index in [1.165, 1.54) is 11.1 Å². The first-order valence-electron chi connectivity index (χ1n) is 4.76. The molecule has 0 saturated carbocycles. The van der Waals surface area contributed by atoms with Gasteiger partial charge in [-0.1, -0.05) is 24.1 Å². The van der Waals surface area contributed by atoms with E-state index in [0.717, 1.165) is 5.56 Å². The summed E-state index contributed by atoms with van der Waals surface area (Å²) in [6.07, 6.45) is 11.9. The number of rotatable bonds is 1. The summed E-state index contributed by atoms with van der Waals surface area (Å²) in [4.78, 5) is 0. The molecule has 0 aliphatic rings. The Bertz CT molecular complexity index is 391. The van der Waals surface area contributed by atoms with Gasteiger partial charge >= 0.3 is 0 Å². The van der Waals surface area contributed by atoms with Gasteiger partial charge in [0.15, 0.2) is 0 Å². The molecule has 0 aliphatic heterocycles. The maximum absolute atomic E-state index is 5.24. The van der Waals surface area contributed by atoms with Gasteiger partial charge in [-0.25, -0.2) is 0 Å². The van der Waals surface area contributed by atoms with Gasteiger partial charge in [0.05, 0.1) is 0 Å². The summed E-state index contributed by atoms with van der Waals surface area (Å²) in [6.45, 7) is 5.77. The number of hydrogen-bond acceptors (Lipinski definition) is 0. The van der Waals surface area contributed by atoms with Crippen molar-refractivity contribution in [3.05, 3.63) is 41.5 Å². The van der Waals surface area contributed by atoms with Crippen molar-refractivity contribution in [2.75, 3.05) is 0 Å². The largest absolute Gasteiger partial charge is 0.120 e. The van der Waals surface area contributed by atoms with Gasteiger partial charge in [0, 0.05) is 5.56 Å². The molecule has 0 fully saturated rings. The van der Waals surface area contributed by atoms with Crippen LogP contribution in [0.5, 0.6) is 0 Å². The molecule has 0 atom stereocenters. The Morgan fingerprint density at radius 2 is 1.67 bits per heavy atom. The van der Waals surface area contributed by atoms with Gasteiger partial charge in [0.25, 0.3) is 0 Å². The summed E-state index contributed by atoms with van der Waals surface area (Å²) in [5, 5.41) is 0. The van der Waals surface area contributed by atoms with E-state index < -0.39 is 0 Å². The molecule has 1 aromatic rings. The minimum atomic E-state index is 0.933. The summed E-state index contributed by atoms with van der Waals surface area (Å²) >= 11 is 0. The van der Waals surface area contributed by atoms with E-state index in [4.69, 9.17) is 6.42 Å². The van der Waals surface area contributed by atoms with E-state index >= 15 is 0 Å². The fourth-order valence-electron chi connectivity index (χ4n) is 0.996. The van der Waals surface area contributed by atoms with Crippen LogP contribution in [0, 0.1) is 24.7 Å². The van der Waals surface area contributed by atoms with Gasteiger partial charge in [-0.3, -0.25) is 0 Å². The van der Waals surface area contributed by atoms with Crippen LogP contribution in [0.1, 0.15) is 31.9 Å². The first-order chi connectivity index (χ1) is 7.19. The van der Waals surface area contributed by atoms with Crippen molar-refractivity contribution in [1.29, 1.82) is 0 Å². The topological polar surface area (TPSA) is 0 Å². The van der Waals surface area contributed by atoms with Crippen molar-refractivity contribution in [3.8, 4) is 24.7 Å². The zero-order valence-corrected chi connectivity index (χ0v) is 9.54. The van der Waals surface area contributed by atoms with Crippen LogP contribution in [0.4, 0.5) is 0 Å². The highest BCUT2D eigenvalue weighted by Crippen LogP contribution is 2.13. The molecule has 0 N–H and O–H groups in total. The van der Waals surface area contributed by atoms with Crippen molar-refractivity contribution in [2.45, 2.75) is 20.8 Å². The summed E-state index contributed by atoms with van der Waals surface area (Å²) < 4.78 is 0. The first kappa shape index (κ1) is 13.1. The van der Waals surface area contributed by atoms with Crippen molar-refractivity contribution in [2.24, 2.45) is 0 Å². The van der Waals surface area contributed by atoms with Crippen molar-refractivity contribution in [3.63, 3.8) is 0 Å².